The van der Waals surface area contributed by atoms with Gasteiger partial charge in [0.25, 0.3) is 0 Å². The van der Waals surface area contributed by atoms with Crippen molar-refractivity contribution in [3.8, 4) is 11.5 Å². The number of rotatable bonds is 15. The molecule has 7 nitrogen and oxygen atoms in total. The Morgan fingerprint density at radius 1 is 0.857 bits per heavy atom. The van der Waals surface area contributed by atoms with Crippen molar-refractivity contribution in [1.82, 2.24) is 25.7 Å². The molecule has 7 heteroatoms. The fourth-order valence-electron chi connectivity index (χ4n) is 6.43. The first-order valence-electron chi connectivity index (χ1n) is 16.4. The molecular formula is C35H53N5O2. The van der Waals surface area contributed by atoms with Gasteiger partial charge in [0.05, 0.1) is 6.20 Å². The highest BCUT2D eigenvalue weighted by atomic mass is 16.3. The van der Waals surface area contributed by atoms with E-state index in [1.54, 1.807) is 12.1 Å². The number of likely N-dealkylation sites (tertiary alicyclic amines) is 1. The van der Waals surface area contributed by atoms with E-state index in [1.807, 2.05) is 12.3 Å². The van der Waals surface area contributed by atoms with Crippen LogP contribution in [0.1, 0.15) is 74.3 Å². The van der Waals surface area contributed by atoms with Gasteiger partial charge in [0.1, 0.15) is 0 Å². The van der Waals surface area contributed by atoms with Gasteiger partial charge in [-0.15, -0.1) is 0 Å². The maximum Gasteiger partial charge on any atom is 0.157 e. The van der Waals surface area contributed by atoms with Crippen LogP contribution in [-0.2, 0) is 25.7 Å². The zero-order valence-electron chi connectivity index (χ0n) is 25.7. The van der Waals surface area contributed by atoms with Crippen LogP contribution < -0.4 is 10.6 Å². The Bertz CT molecular complexity index is 1150. The molecule has 1 fully saturated rings. The number of hydrogen-bond acceptors (Lipinski definition) is 6. The molecule has 2 heterocycles. The summed E-state index contributed by atoms with van der Waals surface area (Å²) in [6.07, 6.45) is 15.5. The molecule has 0 spiro atoms. The van der Waals surface area contributed by atoms with Crippen LogP contribution in [0.25, 0.3) is 0 Å². The zero-order chi connectivity index (χ0) is 29.4. The highest BCUT2D eigenvalue weighted by molar-refractivity contribution is 5.40. The lowest BCUT2D eigenvalue weighted by atomic mass is 9.77. The Hall–Kier alpha value is -2.87. The number of benzene rings is 2. The smallest absolute Gasteiger partial charge is 0.157 e. The average molecular weight is 576 g/mol. The number of H-pyrrole nitrogens is 1. The van der Waals surface area contributed by atoms with Gasteiger partial charge in [-0.2, -0.15) is 5.10 Å². The first kappa shape index (κ1) is 32.1. The Kier molecular flexibility index (Phi) is 13.7. The Labute approximate surface area is 253 Å². The minimum Gasteiger partial charge on any atom is -0.504 e. The van der Waals surface area contributed by atoms with E-state index in [0.717, 1.165) is 56.5 Å². The summed E-state index contributed by atoms with van der Waals surface area (Å²) >= 11 is 0. The molecule has 0 radical (unpaired) electrons. The lowest BCUT2D eigenvalue weighted by Gasteiger charge is -2.43. The van der Waals surface area contributed by atoms with E-state index in [4.69, 9.17) is 0 Å². The molecule has 0 saturated carbocycles. The Balaban J connectivity index is 0.000000214. The van der Waals surface area contributed by atoms with Gasteiger partial charge in [-0.1, -0.05) is 56.2 Å². The van der Waals surface area contributed by atoms with Crippen molar-refractivity contribution in [3.05, 3.63) is 77.1 Å². The lowest BCUT2D eigenvalue weighted by molar-refractivity contribution is 0.0850. The second-order valence-corrected chi connectivity index (χ2v) is 12.0. The summed E-state index contributed by atoms with van der Waals surface area (Å²) in [5, 5.41) is 33.1. The van der Waals surface area contributed by atoms with E-state index in [0.29, 0.717) is 0 Å². The fourth-order valence-corrected chi connectivity index (χ4v) is 6.43. The molecule has 5 rings (SSSR count). The maximum absolute atomic E-state index is 9.46. The predicted molar refractivity (Wildman–Crippen MR) is 172 cm³/mol. The van der Waals surface area contributed by atoms with Crippen LogP contribution in [0.15, 0.2) is 54.7 Å². The largest absolute Gasteiger partial charge is 0.504 e. The van der Waals surface area contributed by atoms with Crippen LogP contribution in [0.2, 0.25) is 0 Å². The SMILES string of the molecule is CCCN1CCC[C@@H]2Cc3[nH]ncc3C[C@H]21.Oc1ccc(CCNCCCCCCNCCc2ccccc2)cc1O. The molecule has 1 aromatic heterocycles. The van der Waals surface area contributed by atoms with Crippen LogP contribution in [0.4, 0.5) is 0 Å². The molecule has 0 amide bonds. The monoisotopic (exact) mass is 575 g/mol. The zero-order valence-corrected chi connectivity index (χ0v) is 25.7. The number of fused-ring (bicyclic) bond motifs is 2. The van der Waals surface area contributed by atoms with Gasteiger partial charge in [-0.3, -0.25) is 10.00 Å². The van der Waals surface area contributed by atoms with Crippen molar-refractivity contribution in [2.24, 2.45) is 5.92 Å². The van der Waals surface area contributed by atoms with E-state index < -0.39 is 0 Å². The molecule has 2 aromatic carbocycles. The Morgan fingerprint density at radius 2 is 1.60 bits per heavy atom. The van der Waals surface area contributed by atoms with Crippen molar-refractivity contribution in [1.29, 1.82) is 0 Å². The Morgan fingerprint density at radius 3 is 2.31 bits per heavy atom. The topological polar surface area (TPSA) is 96.4 Å². The van der Waals surface area contributed by atoms with E-state index in [-0.39, 0.29) is 11.5 Å². The molecule has 2 aliphatic rings. The first-order valence-corrected chi connectivity index (χ1v) is 16.4. The lowest BCUT2D eigenvalue weighted by Crippen LogP contribution is -2.49. The van der Waals surface area contributed by atoms with Crippen LogP contribution >= 0.6 is 0 Å². The second kappa shape index (κ2) is 17.9. The summed E-state index contributed by atoms with van der Waals surface area (Å²) in [6, 6.07) is 16.4. The third kappa shape index (κ3) is 10.4. The molecule has 2 atom stereocenters. The summed E-state index contributed by atoms with van der Waals surface area (Å²) in [5.74, 6) is 0.768. The number of phenols is 2. The van der Waals surface area contributed by atoms with Gasteiger partial charge in [0, 0.05) is 11.7 Å². The number of nitrogens with zero attached hydrogens (tertiary/aromatic N) is 2. The summed E-state index contributed by atoms with van der Waals surface area (Å²) in [7, 11) is 0. The van der Waals surface area contributed by atoms with Crippen molar-refractivity contribution in [2.45, 2.75) is 83.6 Å². The highest BCUT2D eigenvalue weighted by Crippen LogP contribution is 2.34. The first-order chi connectivity index (χ1) is 20.6. The fraction of sp³-hybridized carbons (Fsp3) is 0.571. The number of aromatic amines is 1. The van der Waals surface area contributed by atoms with Gasteiger partial charge in [0.2, 0.25) is 0 Å². The summed E-state index contributed by atoms with van der Waals surface area (Å²) in [6.45, 7) is 8.95. The number of piperidine rings is 1. The van der Waals surface area contributed by atoms with E-state index >= 15 is 0 Å². The molecule has 42 heavy (non-hydrogen) atoms. The quantitative estimate of drug-likeness (QED) is 0.119. The number of aromatic nitrogens is 2. The molecule has 1 saturated heterocycles. The van der Waals surface area contributed by atoms with Crippen molar-refractivity contribution in [3.63, 3.8) is 0 Å². The van der Waals surface area contributed by atoms with Crippen molar-refractivity contribution < 1.29 is 10.2 Å². The average Bonchev–Trinajstić information content (AvgIpc) is 3.47. The van der Waals surface area contributed by atoms with Gasteiger partial charge in [-0.05, 0) is 132 Å². The second-order valence-electron chi connectivity index (χ2n) is 12.0. The minimum absolute atomic E-state index is 0.0418. The number of nitrogens with one attached hydrogen (secondary N) is 3. The number of aromatic hydroxyl groups is 2. The maximum atomic E-state index is 9.46. The standard InChI is InChI=1S/C22H32N2O2.C13H21N3/c25-21-11-10-20(18-22(21)26)13-17-24-15-7-2-1-6-14-23-16-12-19-8-4-3-5-9-19;1-2-5-16-6-3-4-10-7-12-11(8-13(10)16)9-14-15-12/h3-5,8-11,18,23-26H,1-2,6-7,12-17H2;9-10,13H,2-8H2,1H3,(H,14,15)/t;10-,13-/m.1/s1. The molecular weight excluding hydrogens is 522 g/mol. The molecule has 0 unspecified atom stereocenters. The minimum atomic E-state index is -0.0590. The van der Waals surface area contributed by atoms with Gasteiger partial charge < -0.3 is 20.8 Å². The van der Waals surface area contributed by atoms with Crippen LogP contribution in [-0.4, -0.2) is 70.6 Å². The predicted octanol–water partition coefficient (Wildman–Crippen LogP) is 5.62. The van der Waals surface area contributed by atoms with E-state index in [2.05, 4.69) is 63.0 Å². The summed E-state index contributed by atoms with van der Waals surface area (Å²) < 4.78 is 0. The molecule has 5 N–H and O–H groups in total. The van der Waals surface area contributed by atoms with Crippen LogP contribution in [0.3, 0.4) is 0 Å². The van der Waals surface area contributed by atoms with Gasteiger partial charge >= 0.3 is 0 Å². The van der Waals surface area contributed by atoms with Gasteiger partial charge in [-0.25, -0.2) is 0 Å². The normalized spacial score (nSPS) is 18.1. The third-order valence-corrected chi connectivity index (χ3v) is 8.77. The van der Waals surface area contributed by atoms with Crippen LogP contribution in [0, 0.1) is 5.92 Å². The highest BCUT2D eigenvalue weighted by Gasteiger charge is 2.35. The third-order valence-electron chi connectivity index (χ3n) is 8.77. The van der Waals surface area contributed by atoms with Gasteiger partial charge in [0.15, 0.2) is 11.5 Å². The summed E-state index contributed by atoms with van der Waals surface area (Å²) in [5.41, 5.74) is 5.30. The number of unbranched alkanes of at least 4 members (excludes halogenated alkanes) is 3. The van der Waals surface area contributed by atoms with Crippen LogP contribution in [0.5, 0.6) is 11.5 Å². The molecule has 3 aromatic rings. The molecule has 1 aliphatic carbocycles. The van der Waals surface area contributed by atoms with Crippen molar-refractivity contribution in [2.75, 3.05) is 39.3 Å². The molecule has 0 bridgehead atoms. The molecule has 230 valence electrons. The number of phenolic OH excluding ortho intramolecular Hbond substituents is 2. The summed E-state index contributed by atoms with van der Waals surface area (Å²) in [4.78, 5) is 2.71. The van der Waals surface area contributed by atoms with E-state index in [1.165, 1.54) is 87.7 Å². The number of hydrogen-bond donors (Lipinski definition) is 5. The molecule has 1 aliphatic heterocycles. The van der Waals surface area contributed by atoms with Crippen molar-refractivity contribution >= 4 is 0 Å². The van der Waals surface area contributed by atoms with E-state index in [9.17, 15) is 10.2 Å².